The third kappa shape index (κ3) is 3.85. The lowest BCUT2D eigenvalue weighted by molar-refractivity contribution is 0.0953. The summed E-state index contributed by atoms with van der Waals surface area (Å²) in [5.74, 6) is 0.767. The molecule has 0 radical (unpaired) electrons. The number of methoxy groups -OCH3 is 1. The van der Waals surface area contributed by atoms with Gasteiger partial charge in [-0.05, 0) is 37.0 Å². The lowest BCUT2D eigenvalue weighted by Crippen LogP contribution is -2.26. The minimum absolute atomic E-state index is 0.0848. The van der Waals surface area contributed by atoms with Crippen LogP contribution >= 0.6 is 0 Å². The van der Waals surface area contributed by atoms with Crippen molar-refractivity contribution in [2.75, 3.05) is 31.6 Å². The second-order valence-electron chi connectivity index (χ2n) is 5.94. The fourth-order valence-electron chi connectivity index (χ4n) is 3.02. The second-order valence-corrected chi connectivity index (χ2v) is 5.94. The van der Waals surface area contributed by atoms with Gasteiger partial charge in [0.15, 0.2) is 0 Å². The third-order valence-electron chi connectivity index (χ3n) is 4.33. The zero-order chi connectivity index (χ0) is 16.8. The van der Waals surface area contributed by atoms with Gasteiger partial charge in [-0.3, -0.25) is 9.78 Å². The van der Waals surface area contributed by atoms with Gasteiger partial charge in [0.25, 0.3) is 5.91 Å². The number of para-hydroxylation sites is 1. The SMILES string of the molecule is COc1ccccc1CCNC(=O)c1cncc(N2CCCC2)c1. The first-order valence-electron chi connectivity index (χ1n) is 8.38. The van der Waals surface area contributed by atoms with Crippen LogP contribution in [0.15, 0.2) is 42.7 Å². The molecule has 0 bridgehead atoms. The summed E-state index contributed by atoms with van der Waals surface area (Å²) >= 11 is 0. The number of anilines is 1. The van der Waals surface area contributed by atoms with Crippen molar-refractivity contribution >= 4 is 11.6 Å². The Balaban J connectivity index is 1.58. The number of benzene rings is 1. The van der Waals surface area contributed by atoms with Gasteiger partial charge in [-0.2, -0.15) is 0 Å². The van der Waals surface area contributed by atoms with Crippen molar-refractivity contribution in [3.8, 4) is 5.75 Å². The molecule has 1 aliphatic rings. The molecular weight excluding hydrogens is 302 g/mol. The number of hydrogen-bond donors (Lipinski definition) is 1. The Bertz CT molecular complexity index is 697. The summed E-state index contributed by atoms with van der Waals surface area (Å²) in [6.45, 7) is 2.65. The maximum absolute atomic E-state index is 12.4. The standard InChI is InChI=1S/C19H23N3O2/c1-24-18-7-3-2-6-15(18)8-9-21-19(23)16-12-17(14-20-13-16)22-10-4-5-11-22/h2-3,6-7,12-14H,4-5,8-11H2,1H3,(H,21,23). The predicted octanol–water partition coefficient (Wildman–Crippen LogP) is 2.66. The Morgan fingerprint density at radius 2 is 2.04 bits per heavy atom. The fraction of sp³-hybridized carbons (Fsp3) is 0.368. The van der Waals surface area contributed by atoms with E-state index in [1.165, 1.54) is 12.8 Å². The van der Waals surface area contributed by atoms with Crippen LogP contribution < -0.4 is 15.0 Å². The molecule has 2 heterocycles. The maximum Gasteiger partial charge on any atom is 0.252 e. The molecule has 0 aliphatic carbocycles. The van der Waals surface area contributed by atoms with Gasteiger partial charge in [0.05, 0.1) is 24.6 Å². The topological polar surface area (TPSA) is 54.5 Å². The van der Waals surface area contributed by atoms with E-state index < -0.39 is 0 Å². The van der Waals surface area contributed by atoms with E-state index in [9.17, 15) is 4.79 Å². The van der Waals surface area contributed by atoms with Crippen molar-refractivity contribution in [2.45, 2.75) is 19.3 Å². The summed E-state index contributed by atoms with van der Waals surface area (Å²) in [6, 6.07) is 9.79. The predicted molar refractivity (Wildman–Crippen MR) is 94.7 cm³/mol. The van der Waals surface area contributed by atoms with Crippen molar-refractivity contribution in [1.82, 2.24) is 10.3 Å². The average Bonchev–Trinajstić information content (AvgIpc) is 3.17. The summed E-state index contributed by atoms with van der Waals surface area (Å²) < 4.78 is 5.33. The number of pyridine rings is 1. The van der Waals surface area contributed by atoms with Crippen LogP contribution in [0, 0.1) is 0 Å². The van der Waals surface area contributed by atoms with Gasteiger partial charge in [0.2, 0.25) is 0 Å². The van der Waals surface area contributed by atoms with Crippen molar-refractivity contribution in [3.63, 3.8) is 0 Å². The smallest absolute Gasteiger partial charge is 0.252 e. The molecule has 5 nitrogen and oxygen atoms in total. The molecule has 1 saturated heterocycles. The summed E-state index contributed by atoms with van der Waals surface area (Å²) in [6.07, 6.45) is 6.59. The zero-order valence-electron chi connectivity index (χ0n) is 14.0. The quantitative estimate of drug-likeness (QED) is 0.887. The Morgan fingerprint density at radius 1 is 1.25 bits per heavy atom. The van der Waals surface area contributed by atoms with Gasteiger partial charge in [-0.25, -0.2) is 0 Å². The van der Waals surface area contributed by atoms with E-state index in [0.29, 0.717) is 12.1 Å². The minimum Gasteiger partial charge on any atom is -0.496 e. The maximum atomic E-state index is 12.4. The van der Waals surface area contributed by atoms with Crippen LogP contribution in [0.1, 0.15) is 28.8 Å². The van der Waals surface area contributed by atoms with Gasteiger partial charge in [0.1, 0.15) is 5.75 Å². The Hall–Kier alpha value is -2.56. The third-order valence-corrected chi connectivity index (χ3v) is 4.33. The molecule has 1 amide bonds. The lowest BCUT2D eigenvalue weighted by Gasteiger charge is -2.17. The lowest BCUT2D eigenvalue weighted by atomic mass is 10.1. The molecule has 2 aromatic rings. The Morgan fingerprint density at radius 3 is 2.83 bits per heavy atom. The number of ether oxygens (including phenoxy) is 1. The van der Waals surface area contributed by atoms with Gasteiger partial charge in [-0.15, -0.1) is 0 Å². The number of hydrogen-bond acceptors (Lipinski definition) is 4. The van der Waals surface area contributed by atoms with Crippen LogP contribution in [0.5, 0.6) is 5.75 Å². The number of carbonyl (C=O) groups excluding carboxylic acids is 1. The molecular formula is C19H23N3O2. The molecule has 1 fully saturated rings. The molecule has 3 rings (SSSR count). The van der Waals surface area contributed by atoms with E-state index in [2.05, 4.69) is 15.2 Å². The first-order valence-corrected chi connectivity index (χ1v) is 8.38. The van der Waals surface area contributed by atoms with Crippen LogP contribution in [-0.4, -0.2) is 37.6 Å². The highest BCUT2D eigenvalue weighted by Gasteiger charge is 2.14. The highest BCUT2D eigenvalue weighted by Crippen LogP contribution is 2.20. The van der Waals surface area contributed by atoms with Crippen LogP contribution in [0.2, 0.25) is 0 Å². The summed E-state index contributed by atoms with van der Waals surface area (Å²) in [7, 11) is 1.66. The van der Waals surface area contributed by atoms with Crippen molar-refractivity contribution < 1.29 is 9.53 Å². The average molecular weight is 325 g/mol. The van der Waals surface area contributed by atoms with Gasteiger partial charge >= 0.3 is 0 Å². The van der Waals surface area contributed by atoms with Gasteiger partial charge in [0, 0.05) is 25.8 Å². The van der Waals surface area contributed by atoms with E-state index >= 15 is 0 Å². The number of nitrogens with one attached hydrogen (secondary N) is 1. The van der Waals surface area contributed by atoms with Crippen LogP contribution in [-0.2, 0) is 6.42 Å². The second kappa shape index (κ2) is 7.81. The summed E-state index contributed by atoms with van der Waals surface area (Å²) in [5.41, 5.74) is 2.73. The van der Waals surface area contributed by atoms with Crippen molar-refractivity contribution in [2.24, 2.45) is 0 Å². The summed E-state index contributed by atoms with van der Waals surface area (Å²) in [4.78, 5) is 18.9. The van der Waals surface area contributed by atoms with Crippen molar-refractivity contribution in [3.05, 3.63) is 53.9 Å². The molecule has 126 valence electrons. The molecule has 0 spiro atoms. The number of aromatic nitrogens is 1. The Kier molecular flexibility index (Phi) is 5.31. The Labute approximate surface area is 142 Å². The molecule has 0 unspecified atom stereocenters. The largest absolute Gasteiger partial charge is 0.496 e. The number of amides is 1. The molecule has 24 heavy (non-hydrogen) atoms. The highest BCUT2D eigenvalue weighted by molar-refractivity contribution is 5.94. The molecule has 1 aromatic heterocycles. The number of carbonyl (C=O) groups is 1. The van der Waals surface area contributed by atoms with E-state index in [1.54, 1.807) is 13.3 Å². The van der Waals surface area contributed by atoms with E-state index in [0.717, 1.165) is 36.5 Å². The molecule has 1 aromatic carbocycles. The van der Waals surface area contributed by atoms with Crippen LogP contribution in [0.25, 0.3) is 0 Å². The molecule has 0 saturated carbocycles. The van der Waals surface area contributed by atoms with Crippen LogP contribution in [0.4, 0.5) is 5.69 Å². The first-order chi connectivity index (χ1) is 11.8. The van der Waals surface area contributed by atoms with E-state index in [4.69, 9.17) is 4.74 Å². The van der Waals surface area contributed by atoms with Crippen LogP contribution in [0.3, 0.4) is 0 Å². The minimum atomic E-state index is -0.0848. The number of rotatable bonds is 6. The molecule has 5 heteroatoms. The van der Waals surface area contributed by atoms with Gasteiger partial charge < -0.3 is 15.0 Å². The summed E-state index contributed by atoms with van der Waals surface area (Å²) in [5, 5.41) is 2.96. The molecule has 0 atom stereocenters. The van der Waals surface area contributed by atoms with E-state index in [-0.39, 0.29) is 5.91 Å². The van der Waals surface area contributed by atoms with Crippen molar-refractivity contribution in [1.29, 1.82) is 0 Å². The normalized spacial score (nSPS) is 13.8. The van der Waals surface area contributed by atoms with Gasteiger partial charge in [-0.1, -0.05) is 18.2 Å². The monoisotopic (exact) mass is 325 g/mol. The molecule has 1 N–H and O–H groups in total. The van der Waals surface area contributed by atoms with E-state index in [1.807, 2.05) is 36.5 Å². The zero-order valence-corrected chi connectivity index (χ0v) is 14.0. The highest BCUT2D eigenvalue weighted by atomic mass is 16.5. The number of nitrogens with zero attached hydrogens (tertiary/aromatic N) is 2. The fourth-order valence-corrected chi connectivity index (χ4v) is 3.02. The first kappa shape index (κ1) is 16.3. The molecule has 1 aliphatic heterocycles.